The van der Waals surface area contributed by atoms with E-state index >= 15 is 0 Å². The molecule has 1 aliphatic rings. The Hall–Kier alpha value is -2.61. The van der Waals surface area contributed by atoms with Gasteiger partial charge in [0, 0.05) is 29.2 Å². The Morgan fingerprint density at radius 2 is 2.03 bits per heavy atom. The van der Waals surface area contributed by atoms with Gasteiger partial charge in [0.25, 0.3) is 11.8 Å². The van der Waals surface area contributed by atoms with E-state index in [4.69, 9.17) is 23.8 Å². The molecule has 152 valence electrons. The average Bonchev–Trinajstić information content (AvgIpc) is 3.20. The van der Waals surface area contributed by atoms with E-state index in [2.05, 4.69) is 16.9 Å². The number of hydrogen-bond acceptors (Lipinski definition) is 4. The van der Waals surface area contributed by atoms with Crippen LogP contribution in [0.4, 0.5) is 0 Å². The van der Waals surface area contributed by atoms with Gasteiger partial charge < -0.3 is 4.57 Å². The summed E-state index contributed by atoms with van der Waals surface area (Å²) in [5, 5.41) is 2.48. The van der Waals surface area contributed by atoms with Crippen molar-refractivity contribution in [3.63, 3.8) is 0 Å². The first-order chi connectivity index (χ1) is 14.4. The number of rotatable bonds is 4. The zero-order chi connectivity index (χ0) is 21.4. The number of nitrogens with zero attached hydrogens (tertiary/aromatic N) is 2. The number of fused-ring (bicyclic) bond motifs is 1. The molecule has 5 nitrogen and oxygen atoms in total. The molecule has 1 fully saturated rings. The van der Waals surface area contributed by atoms with Gasteiger partial charge in [0.2, 0.25) is 0 Å². The second kappa shape index (κ2) is 8.26. The molecule has 0 aliphatic carbocycles. The number of carbonyl (C=O) groups excluding carboxylic acids is 2. The van der Waals surface area contributed by atoms with Crippen molar-refractivity contribution in [2.75, 3.05) is 0 Å². The van der Waals surface area contributed by atoms with Crippen molar-refractivity contribution >= 4 is 68.7 Å². The van der Waals surface area contributed by atoms with Crippen molar-refractivity contribution in [2.45, 2.75) is 20.4 Å². The fourth-order valence-corrected chi connectivity index (χ4v) is 4.81. The molecular formula is C22H18ClN3O2S2. The lowest BCUT2D eigenvalue weighted by Crippen LogP contribution is -2.44. The van der Waals surface area contributed by atoms with Crippen LogP contribution in [-0.4, -0.2) is 25.7 Å². The summed E-state index contributed by atoms with van der Waals surface area (Å²) in [5.41, 5.74) is 5.83. The van der Waals surface area contributed by atoms with Crippen LogP contribution in [0.25, 0.3) is 17.0 Å². The smallest absolute Gasteiger partial charge is 0.285 e. The number of thioether (sulfide) groups is 1. The lowest BCUT2D eigenvalue weighted by atomic mass is 10.1. The van der Waals surface area contributed by atoms with Gasteiger partial charge in [-0.15, -0.1) is 0 Å². The van der Waals surface area contributed by atoms with Gasteiger partial charge in [-0.25, -0.2) is 0 Å². The Morgan fingerprint density at radius 3 is 2.77 bits per heavy atom. The number of halogens is 1. The predicted octanol–water partition coefficient (Wildman–Crippen LogP) is 5.17. The summed E-state index contributed by atoms with van der Waals surface area (Å²) < 4.78 is 2.39. The molecule has 1 aliphatic heterocycles. The van der Waals surface area contributed by atoms with Crippen molar-refractivity contribution in [2.24, 2.45) is 0 Å². The van der Waals surface area contributed by atoms with Gasteiger partial charge in [-0.2, -0.15) is 5.01 Å². The number of amides is 2. The summed E-state index contributed by atoms with van der Waals surface area (Å²) in [6.45, 7) is 4.78. The first-order valence-electron chi connectivity index (χ1n) is 9.32. The topological polar surface area (TPSA) is 54.3 Å². The van der Waals surface area contributed by atoms with Crippen LogP contribution in [0.2, 0.25) is 5.02 Å². The number of benzene rings is 2. The Bertz CT molecular complexity index is 1230. The van der Waals surface area contributed by atoms with E-state index in [1.165, 1.54) is 0 Å². The fraction of sp³-hybridized carbons (Fsp3) is 0.136. The van der Waals surface area contributed by atoms with Crippen molar-refractivity contribution in [1.29, 1.82) is 0 Å². The second-order valence-electron chi connectivity index (χ2n) is 6.83. The lowest BCUT2D eigenvalue weighted by molar-refractivity contribution is -0.123. The Kier molecular flexibility index (Phi) is 5.69. The molecule has 1 saturated heterocycles. The number of carbonyl (C=O) groups is 2. The molecule has 2 amide bonds. The molecule has 2 aromatic carbocycles. The minimum absolute atomic E-state index is 0.266. The van der Waals surface area contributed by atoms with Crippen molar-refractivity contribution in [3.05, 3.63) is 75.3 Å². The van der Waals surface area contributed by atoms with Gasteiger partial charge in [-0.3, -0.25) is 15.0 Å². The van der Waals surface area contributed by atoms with Gasteiger partial charge in [0.15, 0.2) is 4.32 Å². The van der Waals surface area contributed by atoms with Gasteiger partial charge in [0.05, 0.1) is 15.5 Å². The van der Waals surface area contributed by atoms with E-state index in [0.717, 1.165) is 45.3 Å². The predicted molar refractivity (Wildman–Crippen MR) is 126 cm³/mol. The summed E-state index contributed by atoms with van der Waals surface area (Å²) in [5.74, 6) is -0.852. The highest BCUT2D eigenvalue weighted by Crippen LogP contribution is 2.33. The van der Waals surface area contributed by atoms with E-state index < -0.39 is 5.91 Å². The molecule has 1 N–H and O–H groups in total. The molecule has 8 heteroatoms. The van der Waals surface area contributed by atoms with Gasteiger partial charge in [-0.1, -0.05) is 47.6 Å². The quantitative estimate of drug-likeness (QED) is 0.435. The van der Waals surface area contributed by atoms with Crippen LogP contribution in [0.1, 0.15) is 28.4 Å². The minimum Gasteiger partial charge on any atom is -0.347 e. The maximum Gasteiger partial charge on any atom is 0.285 e. The molecule has 0 spiro atoms. The van der Waals surface area contributed by atoms with E-state index in [-0.39, 0.29) is 15.8 Å². The zero-order valence-electron chi connectivity index (χ0n) is 16.3. The summed E-state index contributed by atoms with van der Waals surface area (Å²) >= 11 is 12.7. The molecule has 30 heavy (non-hydrogen) atoms. The van der Waals surface area contributed by atoms with Crippen LogP contribution in [0.15, 0.2) is 53.6 Å². The molecule has 0 bridgehead atoms. The minimum atomic E-state index is -0.486. The SMILES string of the molecule is CCn1cc(/C=C2\SC(=S)N(NC(=O)c3ccc(C)cc3Cl)C2=O)c2ccccc21. The van der Waals surface area contributed by atoms with E-state index in [0.29, 0.717) is 9.93 Å². The number of para-hydroxylation sites is 1. The Morgan fingerprint density at radius 1 is 1.27 bits per heavy atom. The average molecular weight is 456 g/mol. The standard InChI is InChI=1S/C22H18ClN3O2S2/c1-3-25-12-14(15-6-4-5-7-18(15)25)11-19-21(28)26(22(29)30-19)24-20(27)16-9-8-13(2)10-17(16)23/h4-12H,3H2,1-2H3,(H,24,27)/b19-11-. The van der Waals surface area contributed by atoms with Crippen LogP contribution in [0.3, 0.4) is 0 Å². The number of nitrogens with one attached hydrogen (secondary N) is 1. The summed E-state index contributed by atoms with van der Waals surface area (Å²) in [7, 11) is 0. The van der Waals surface area contributed by atoms with Crippen molar-refractivity contribution in [3.8, 4) is 0 Å². The highest BCUT2D eigenvalue weighted by molar-refractivity contribution is 8.26. The number of hydrazine groups is 1. The van der Waals surface area contributed by atoms with Crippen molar-refractivity contribution in [1.82, 2.24) is 15.0 Å². The maximum atomic E-state index is 12.9. The lowest BCUT2D eigenvalue weighted by Gasteiger charge is -2.16. The van der Waals surface area contributed by atoms with Crippen LogP contribution in [0.5, 0.6) is 0 Å². The molecule has 4 rings (SSSR count). The highest BCUT2D eigenvalue weighted by Gasteiger charge is 2.34. The van der Waals surface area contributed by atoms with E-state index in [9.17, 15) is 9.59 Å². The number of aryl methyl sites for hydroxylation is 2. The first kappa shape index (κ1) is 20.7. The van der Waals surface area contributed by atoms with E-state index in [1.807, 2.05) is 43.5 Å². The van der Waals surface area contributed by atoms with Crippen LogP contribution >= 0.6 is 35.6 Å². The van der Waals surface area contributed by atoms with Crippen LogP contribution < -0.4 is 5.43 Å². The molecule has 2 heterocycles. The zero-order valence-corrected chi connectivity index (χ0v) is 18.7. The summed E-state index contributed by atoms with van der Waals surface area (Å²) in [4.78, 5) is 26.0. The number of hydrogen-bond donors (Lipinski definition) is 1. The second-order valence-corrected chi connectivity index (χ2v) is 8.91. The molecule has 0 unspecified atom stereocenters. The van der Waals surface area contributed by atoms with Crippen LogP contribution in [0, 0.1) is 6.92 Å². The third-order valence-corrected chi connectivity index (χ3v) is 6.44. The van der Waals surface area contributed by atoms with E-state index in [1.54, 1.807) is 18.2 Å². The van der Waals surface area contributed by atoms with Gasteiger partial charge in [-0.05, 0) is 55.9 Å². The molecule has 3 aromatic rings. The molecule has 0 atom stereocenters. The molecular weight excluding hydrogens is 438 g/mol. The fourth-order valence-electron chi connectivity index (χ4n) is 3.32. The van der Waals surface area contributed by atoms with Crippen molar-refractivity contribution < 1.29 is 9.59 Å². The Labute approximate surface area is 188 Å². The molecule has 0 saturated carbocycles. The highest BCUT2D eigenvalue weighted by atomic mass is 35.5. The normalized spacial score (nSPS) is 15.4. The monoisotopic (exact) mass is 455 g/mol. The molecule has 1 aromatic heterocycles. The summed E-state index contributed by atoms with van der Waals surface area (Å²) in [6.07, 6.45) is 3.83. The third-order valence-electron chi connectivity index (χ3n) is 4.82. The third kappa shape index (κ3) is 3.76. The first-order valence-corrected chi connectivity index (χ1v) is 10.9. The summed E-state index contributed by atoms with van der Waals surface area (Å²) in [6, 6.07) is 13.1. The molecule has 0 radical (unpaired) electrons. The van der Waals surface area contributed by atoms with Gasteiger partial charge >= 0.3 is 0 Å². The van der Waals surface area contributed by atoms with Gasteiger partial charge in [0.1, 0.15) is 0 Å². The van der Waals surface area contributed by atoms with Crippen LogP contribution in [-0.2, 0) is 11.3 Å². The largest absolute Gasteiger partial charge is 0.347 e. The number of aromatic nitrogens is 1. The Balaban J connectivity index is 1.61. The number of thiocarbonyl (C=S) groups is 1. The maximum absolute atomic E-state index is 12.9.